The van der Waals surface area contributed by atoms with Crippen molar-refractivity contribution in [2.45, 2.75) is 52.2 Å². The predicted molar refractivity (Wildman–Crippen MR) is 105 cm³/mol. The summed E-state index contributed by atoms with van der Waals surface area (Å²) in [5.41, 5.74) is 3.41. The molecule has 3 aromatic rings. The molecule has 27 heavy (non-hydrogen) atoms. The fourth-order valence-electron chi connectivity index (χ4n) is 3.68. The topological polar surface area (TPSA) is 62.1 Å². The number of imidazole rings is 1. The van der Waals surface area contributed by atoms with Gasteiger partial charge >= 0.3 is 0 Å². The van der Waals surface area contributed by atoms with E-state index in [0.29, 0.717) is 6.54 Å². The second-order valence-electron chi connectivity index (χ2n) is 7.00. The lowest BCUT2D eigenvalue weighted by atomic mass is 10.2. The molecule has 0 atom stereocenters. The normalized spacial score (nSPS) is 14.8. The summed E-state index contributed by atoms with van der Waals surface area (Å²) in [6.07, 6.45) is 4.94. The van der Waals surface area contributed by atoms with E-state index < -0.39 is 0 Å². The van der Waals surface area contributed by atoms with Crippen LogP contribution in [0.4, 0.5) is 0 Å². The Kier molecular flexibility index (Phi) is 4.91. The van der Waals surface area contributed by atoms with E-state index in [1.165, 1.54) is 12.8 Å². The predicted octanol–water partition coefficient (Wildman–Crippen LogP) is 4.47. The van der Waals surface area contributed by atoms with Crippen LogP contribution in [0.2, 0.25) is 5.28 Å². The van der Waals surface area contributed by atoms with Gasteiger partial charge in [0.2, 0.25) is 5.28 Å². The zero-order chi connectivity index (χ0) is 19.0. The third-order valence-corrected chi connectivity index (χ3v) is 5.27. The molecule has 1 saturated carbocycles. The lowest BCUT2D eigenvalue weighted by Crippen LogP contribution is -2.12. The highest BCUT2D eigenvalue weighted by Crippen LogP contribution is 2.33. The van der Waals surface area contributed by atoms with Gasteiger partial charge in [0.05, 0.1) is 25.5 Å². The van der Waals surface area contributed by atoms with Gasteiger partial charge in [-0.15, -0.1) is 0 Å². The zero-order valence-corrected chi connectivity index (χ0v) is 16.6. The molecule has 142 valence electrons. The summed E-state index contributed by atoms with van der Waals surface area (Å²) in [5, 5.41) is 0.237. The molecule has 1 fully saturated rings. The van der Waals surface area contributed by atoms with Crippen molar-refractivity contribution < 1.29 is 9.47 Å². The Morgan fingerprint density at radius 3 is 2.63 bits per heavy atom. The zero-order valence-electron chi connectivity index (χ0n) is 15.8. The number of ether oxygens (including phenoxy) is 2. The second kappa shape index (κ2) is 7.35. The van der Waals surface area contributed by atoms with E-state index >= 15 is 0 Å². The van der Waals surface area contributed by atoms with Gasteiger partial charge in [-0.2, -0.15) is 4.98 Å². The maximum absolute atomic E-state index is 6.22. The van der Waals surface area contributed by atoms with Crippen LogP contribution >= 0.6 is 11.6 Å². The molecule has 0 spiro atoms. The van der Waals surface area contributed by atoms with Gasteiger partial charge in [0.15, 0.2) is 17.1 Å². The van der Waals surface area contributed by atoms with Crippen molar-refractivity contribution in [3.63, 3.8) is 0 Å². The standard InChI is InChI=1S/C20H23ClN4O2/c1-12-18-19(24-20(21)22-12)25(13(2)23-18)11-14-8-9-16(26-3)17(10-14)27-15-6-4-5-7-15/h8-10,15H,4-7,11H2,1-3H3. The molecule has 0 aliphatic heterocycles. The molecule has 0 amide bonds. The van der Waals surface area contributed by atoms with Crippen LogP contribution in [0.25, 0.3) is 11.2 Å². The van der Waals surface area contributed by atoms with Crippen LogP contribution in [-0.4, -0.2) is 32.7 Å². The van der Waals surface area contributed by atoms with Crippen molar-refractivity contribution in [2.75, 3.05) is 7.11 Å². The molecular formula is C20H23ClN4O2. The Labute approximate surface area is 163 Å². The van der Waals surface area contributed by atoms with Crippen LogP contribution in [0, 0.1) is 13.8 Å². The average molecular weight is 387 g/mol. The summed E-state index contributed by atoms with van der Waals surface area (Å²) < 4.78 is 13.8. The quantitative estimate of drug-likeness (QED) is 0.605. The summed E-state index contributed by atoms with van der Waals surface area (Å²) in [4.78, 5) is 13.2. The molecule has 6 nitrogen and oxygen atoms in total. The number of methoxy groups -OCH3 is 1. The van der Waals surface area contributed by atoms with Crippen molar-refractivity contribution in [2.24, 2.45) is 0 Å². The van der Waals surface area contributed by atoms with Crippen molar-refractivity contribution in [3.05, 3.63) is 40.6 Å². The number of aryl methyl sites for hydroxylation is 2. The number of fused-ring (bicyclic) bond motifs is 1. The van der Waals surface area contributed by atoms with Crippen molar-refractivity contribution >= 4 is 22.8 Å². The van der Waals surface area contributed by atoms with Crippen molar-refractivity contribution in [1.82, 2.24) is 19.5 Å². The molecule has 2 aromatic heterocycles. The Balaban J connectivity index is 1.68. The van der Waals surface area contributed by atoms with Gasteiger partial charge in [-0.1, -0.05) is 6.07 Å². The van der Waals surface area contributed by atoms with Gasteiger partial charge in [0.1, 0.15) is 11.3 Å². The minimum Gasteiger partial charge on any atom is -0.493 e. The second-order valence-corrected chi connectivity index (χ2v) is 7.34. The first-order chi connectivity index (χ1) is 13.0. The maximum atomic E-state index is 6.22. The number of hydrogen-bond donors (Lipinski definition) is 0. The Bertz CT molecular complexity index is 980. The van der Waals surface area contributed by atoms with E-state index in [1.807, 2.05) is 26.0 Å². The minimum absolute atomic E-state index is 0.237. The fourth-order valence-corrected chi connectivity index (χ4v) is 3.89. The summed E-state index contributed by atoms with van der Waals surface area (Å²) >= 11 is 6.07. The highest BCUT2D eigenvalue weighted by molar-refractivity contribution is 6.28. The monoisotopic (exact) mass is 386 g/mol. The van der Waals surface area contributed by atoms with Gasteiger partial charge in [-0.3, -0.25) is 0 Å². The van der Waals surface area contributed by atoms with Crippen LogP contribution in [0.5, 0.6) is 11.5 Å². The van der Waals surface area contributed by atoms with Crippen LogP contribution in [0.3, 0.4) is 0 Å². The van der Waals surface area contributed by atoms with Crippen LogP contribution in [0.15, 0.2) is 18.2 Å². The maximum Gasteiger partial charge on any atom is 0.224 e. The largest absolute Gasteiger partial charge is 0.493 e. The van der Waals surface area contributed by atoms with E-state index in [0.717, 1.165) is 52.6 Å². The first kappa shape index (κ1) is 18.0. The summed E-state index contributed by atoms with van der Waals surface area (Å²) in [7, 11) is 1.67. The number of halogens is 1. The van der Waals surface area contributed by atoms with Gasteiger partial charge in [0.25, 0.3) is 0 Å². The minimum atomic E-state index is 0.237. The first-order valence-electron chi connectivity index (χ1n) is 9.25. The molecule has 0 radical (unpaired) electrons. The van der Waals surface area contributed by atoms with E-state index in [4.69, 9.17) is 21.1 Å². The molecule has 1 aromatic carbocycles. The molecule has 0 bridgehead atoms. The number of benzene rings is 1. The SMILES string of the molecule is COc1ccc(Cn2c(C)nc3c(C)nc(Cl)nc32)cc1OC1CCCC1. The first-order valence-corrected chi connectivity index (χ1v) is 9.63. The molecule has 0 saturated heterocycles. The highest BCUT2D eigenvalue weighted by Gasteiger charge is 2.19. The van der Waals surface area contributed by atoms with E-state index in [2.05, 4.69) is 25.6 Å². The number of rotatable bonds is 5. The fraction of sp³-hybridized carbons (Fsp3) is 0.450. The number of aromatic nitrogens is 4. The number of hydrogen-bond acceptors (Lipinski definition) is 5. The van der Waals surface area contributed by atoms with Gasteiger partial charge < -0.3 is 14.0 Å². The van der Waals surface area contributed by atoms with Crippen LogP contribution in [0.1, 0.15) is 42.8 Å². The van der Waals surface area contributed by atoms with E-state index in [-0.39, 0.29) is 11.4 Å². The lowest BCUT2D eigenvalue weighted by molar-refractivity contribution is 0.200. The lowest BCUT2D eigenvalue weighted by Gasteiger charge is -2.17. The van der Waals surface area contributed by atoms with E-state index in [9.17, 15) is 0 Å². The third-order valence-electron chi connectivity index (χ3n) is 5.10. The van der Waals surface area contributed by atoms with Gasteiger partial charge in [0, 0.05) is 0 Å². The Hall–Kier alpha value is -2.34. The molecule has 4 rings (SSSR count). The summed E-state index contributed by atoms with van der Waals surface area (Å²) in [5.74, 6) is 2.44. The van der Waals surface area contributed by atoms with Crippen LogP contribution in [-0.2, 0) is 6.54 Å². The molecule has 1 aliphatic carbocycles. The average Bonchev–Trinajstić information content (AvgIpc) is 3.25. The van der Waals surface area contributed by atoms with Crippen molar-refractivity contribution in [1.29, 1.82) is 0 Å². The molecule has 1 aliphatic rings. The summed E-state index contributed by atoms with van der Waals surface area (Å²) in [6.45, 7) is 4.49. The molecule has 0 N–H and O–H groups in total. The Morgan fingerprint density at radius 1 is 1.11 bits per heavy atom. The van der Waals surface area contributed by atoms with Crippen molar-refractivity contribution in [3.8, 4) is 11.5 Å². The van der Waals surface area contributed by atoms with Gasteiger partial charge in [-0.05, 0) is 68.8 Å². The molecule has 7 heteroatoms. The smallest absolute Gasteiger partial charge is 0.224 e. The number of nitrogens with zero attached hydrogens (tertiary/aromatic N) is 4. The van der Waals surface area contributed by atoms with E-state index in [1.54, 1.807) is 7.11 Å². The van der Waals surface area contributed by atoms with Crippen LogP contribution < -0.4 is 9.47 Å². The summed E-state index contributed by atoms with van der Waals surface area (Å²) in [6, 6.07) is 6.06. The molecular weight excluding hydrogens is 364 g/mol. The Morgan fingerprint density at radius 2 is 1.89 bits per heavy atom. The molecule has 2 heterocycles. The highest BCUT2D eigenvalue weighted by atomic mass is 35.5. The molecule has 0 unspecified atom stereocenters. The van der Waals surface area contributed by atoms with Gasteiger partial charge in [-0.25, -0.2) is 9.97 Å². The third kappa shape index (κ3) is 3.58.